The van der Waals surface area contributed by atoms with E-state index in [1.54, 1.807) is 0 Å². The molecule has 8 nitrogen and oxygen atoms in total. The number of guanidine groups is 1. The summed E-state index contributed by atoms with van der Waals surface area (Å²) < 4.78 is 13.7. The van der Waals surface area contributed by atoms with E-state index in [0.29, 0.717) is 19.8 Å². The highest BCUT2D eigenvalue weighted by atomic mass is 16.5. The lowest BCUT2D eigenvalue weighted by atomic mass is 10.1. The van der Waals surface area contributed by atoms with E-state index in [9.17, 15) is 0 Å². The molecule has 0 unspecified atom stereocenters. The van der Waals surface area contributed by atoms with Gasteiger partial charge < -0.3 is 24.7 Å². The van der Waals surface area contributed by atoms with Gasteiger partial charge in [-0.1, -0.05) is 12.5 Å². The first-order valence-corrected chi connectivity index (χ1v) is 12.1. The molecule has 0 amide bonds. The van der Waals surface area contributed by atoms with Gasteiger partial charge in [-0.05, 0) is 57.7 Å². The third kappa shape index (κ3) is 6.87. The summed E-state index contributed by atoms with van der Waals surface area (Å²) in [6.07, 6.45) is 6.41. The Balaban J connectivity index is 1.52. The van der Waals surface area contributed by atoms with Crippen LogP contribution in [0.15, 0.2) is 23.2 Å². The summed E-state index contributed by atoms with van der Waals surface area (Å²) in [5.41, 5.74) is 1.20. The van der Waals surface area contributed by atoms with Gasteiger partial charge in [0.2, 0.25) is 0 Å². The number of hydrogen-bond donors (Lipinski definition) is 2. The van der Waals surface area contributed by atoms with Crippen LogP contribution in [0.3, 0.4) is 0 Å². The van der Waals surface area contributed by atoms with Gasteiger partial charge in [-0.2, -0.15) is 0 Å². The van der Waals surface area contributed by atoms with E-state index >= 15 is 0 Å². The van der Waals surface area contributed by atoms with E-state index in [2.05, 4.69) is 44.5 Å². The number of hydrogen-bond acceptors (Lipinski definition) is 5. The average molecular weight is 443 g/mol. The minimum atomic E-state index is 0.619. The van der Waals surface area contributed by atoms with E-state index in [1.807, 2.05) is 19.9 Å². The molecule has 8 heteroatoms. The Morgan fingerprint density at radius 2 is 1.84 bits per heavy atom. The number of aliphatic imine (C=N–C) groups is 1. The molecule has 176 valence electrons. The normalized spacial score (nSPS) is 13.9. The Morgan fingerprint density at radius 1 is 1.00 bits per heavy atom. The Morgan fingerprint density at radius 3 is 2.66 bits per heavy atom. The van der Waals surface area contributed by atoms with Crippen molar-refractivity contribution < 1.29 is 9.47 Å². The van der Waals surface area contributed by atoms with Crippen molar-refractivity contribution in [2.45, 2.75) is 65.8 Å². The van der Waals surface area contributed by atoms with Gasteiger partial charge in [0.05, 0.1) is 13.2 Å². The molecule has 0 bridgehead atoms. The summed E-state index contributed by atoms with van der Waals surface area (Å²) in [4.78, 5) is 4.75. The monoisotopic (exact) mass is 442 g/mol. The van der Waals surface area contributed by atoms with Crippen molar-refractivity contribution in [3.8, 4) is 11.5 Å². The molecule has 3 rings (SSSR count). The van der Waals surface area contributed by atoms with Gasteiger partial charge in [0.15, 0.2) is 17.5 Å². The van der Waals surface area contributed by atoms with E-state index in [-0.39, 0.29) is 0 Å². The fourth-order valence-electron chi connectivity index (χ4n) is 3.92. The molecule has 2 N–H and O–H groups in total. The Labute approximate surface area is 191 Å². The third-order valence-corrected chi connectivity index (χ3v) is 5.45. The zero-order chi connectivity index (χ0) is 22.6. The van der Waals surface area contributed by atoms with Gasteiger partial charge in [0, 0.05) is 39.0 Å². The van der Waals surface area contributed by atoms with Gasteiger partial charge >= 0.3 is 0 Å². The fourth-order valence-corrected chi connectivity index (χ4v) is 3.92. The third-order valence-electron chi connectivity index (χ3n) is 5.45. The lowest BCUT2D eigenvalue weighted by Gasteiger charge is -2.14. The van der Waals surface area contributed by atoms with Crippen LogP contribution in [0.2, 0.25) is 0 Å². The van der Waals surface area contributed by atoms with Gasteiger partial charge in [0.25, 0.3) is 0 Å². The summed E-state index contributed by atoms with van der Waals surface area (Å²) in [7, 11) is 0. The van der Waals surface area contributed by atoms with Crippen LogP contribution in [0.25, 0.3) is 0 Å². The van der Waals surface area contributed by atoms with Crippen LogP contribution in [-0.2, 0) is 25.8 Å². The predicted molar refractivity (Wildman–Crippen MR) is 128 cm³/mol. The van der Waals surface area contributed by atoms with E-state index in [0.717, 1.165) is 68.0 Å². The van der Waals surface area contributed by atoms with Crippen molar-refractivity contribution in [1.29, 1.82) is 0 Å². The smallest absolute Gasteiger partial charge is 0.191 e. The van der Waals surface area contributed by atoms with Crippen molar-refractivity contribution in [2.75, 3.05) is 32.8 Å². The van der Waals surface area contributed by atoms with Crippen LogP contribution < -0.4 is 20.1 Å². The molecule has 2 heterocycles. The first kappa shape index (κ1) is 23.9. The quantitative estimate of drug-likeness (QED) is 0.411. The number of nitrogens with one attached hydrogen (secondary N) is 2. The topological polar surface area (TPSA) is 85.6 Å². The molecule has 0 saturated heterocycles. The van der Waals surface area contributed by atoms with Crippen molar-refractivity contribution in [1.82, 2.24) is 25.4 Å². The zero-order valence-corrected chi connectivity index (χ0v) is 19.8. The number of rotatable bonds is 11. The molecule has 1 aromatic carbocycles. The second kappa shape index (κ2) is 12.9. The lowest BCUT2D eigenvalue weighted by Crippen LogP contribution is -2.38. The molecule has 0 fully saturated rings. The summed E-state index contributed by atoms with van der Waals surface area (Å²) in [6, 6.07) is 6.15. The van der Waals surface area contributed by atoms with Gasteiger partial charge in [-0.15, -0.1) is 10.2 Å². The van der Waals surface area contributed by atoms with Gasteiger partial charge in [-0.25, -0.2) is 0 Å². The Bertz CT molecular complexity index is 864. The van der Waals surface area contributed by atoms with Crippen LogP contribution >= 0.6 is 0 Å². The summed E-state index contributed by atoms with van der Waals surface area (Å²) >= 11 is 0. The minimum absolute atomic E-state index is 0.619. The fraction of sp³-hybridized carbons (Fsp3) is 0.625. The molecule has 0 aliphatic carbocycles. The van der Waals surface area contributed by atoms with Crippen molar-refractivity contribution >= 4 is 5.96 Å². The maximum atomic E-state index is 5.74. The molecule has 0 saturated carbocycles. The molecule has 0 spiro atoms. The summed E-state index contributed by atoms with van der Waals surface area (Å²) in [5.74, 6) is 4.62. The SMILES string of the molecule is CCNC(=NCCc1nnc2n1CCCCC2)NCCc1ccc(OCC)c(OCC)c1. The lowest BCUT2D eigenvalue weighted by molar-refractivity contribution is 0.287. The van der Waals surface area contributed by atoms with Crippen LogP contribution in [0, 0.1) is 0 Å². The summed E-state index contributed by atoms with van der Waals surface area (Å²) in [5, 5.41) is 15.6. The predicted octanol–water partition coefficient (Wildman–Crippen LogP) is 3.14. The first-order chi connectivity index (χ1) is 15.7. The standard InChI is InChI=1S/C24H38N6O2/c1-4-25-24(27-16-14-23-29-28-22-10-8-7-9-17-30(22)23)26-15-13-19-11-12-20(31-5-2)21(18-19)32-6-3/h11-12,18H,4-10,13-17H2,1-3H3,(H2,25,26,27). The van der Waals surface area contributed by atoms with Crippen LogP contribution in [0.1, 0.15) is 57.2 Å². The number of aromatic nitrogens is 3. The molecule has 0 atom stereocenters. The second-order valence-corrected chi connectivity index (χ2v) is 7.83. The van der Waals surface area contributed by atoms with Crippen molar-refractivity contribution in [2.24, 2.45) is 4.99 Å². The maximum absolute atomic E-state index is 5.74. The number of ether oxygens (including phenoxy) is 2. The largest absolute Gasteiger partial charge is 0.490 e. The van der Waals surface area contributed by atoms with Crippen LogP contribution in [0.5, 0.6) is 11.5 Å². The van der Waals surface area contributed by atoms with E-state index in [1.165, 1.54) is 24.8 Å². The first-order valence-electron chi connectivity index (χ1n) is 12.1. The molecule has 32 heavy (non-hydrogen) atoms. The molecule has 2 aromatic rings. The van der Waals surface area contributed by atoms with Gasteiger partial charge in [0.1, 0.15) is 11.6 Å². The highest BCUT2D eigenvalue weighted by Gasteiger charge is 2.14. The molecular weight excluding hydrogens is 404 g/mol. The van der Waals surface area contributed by atoms with Crippen molar-refractivity contribution in [3.63, 3.8) is 0 Å². The number of nitrogens with zero attached hydrogens (tertiary/aromatic N) is 4. The molecule has 1 aliphatic rings. The minimum Gasteiger partial charge on any atom is -0.490 e. The molecule has 1 aromatic heterocycles. The molecular formula is C24H38N6O2. The molecule has 0 radical (unpaired) electrons. The molecule has 1 aliphatic heterocycles. The van der Waals surface area contributed by atoms with E-state index < -0.39 is 0 Å². The average Bonchev–Trinajstić information content (AvgIpc) is 3.01. The van der Waals surface area contributed by atoms with E-state index in [4.69, 9.17) is 14.5 Å². The Hall–Kier alpha value is -2.77. The Kier molecular flexibility index (Phi) is 9.65. The van der Waals surface area contributed by atoms with Crippen molar-refractivity contribution in [3.05, 3.63) is 35.4 Å². The zero-order valence-electron chi connectivity index (χ0n) is 19.8. The number of benzene rings is 1. The number of fused-ring (bicyclic) bond motifs is 1. The second-order valence-electron chi connectivity index (χ2n) is 7.83. The summed E-state index contributed by atoms with van der Waals surface area (Å²) in [6.45, 7) is 10.6. The van der Waals surface area contributed by atoms with Crippen LogP contribution in [-0.4, -0.2) is 53.6 Å². The highest BCUT2D eigenvalue weighted by molar-refractivity contribution is 5.79. The highest BCUT2D eigenvalue weighted by Crippen LogP contribution is 2.28. The number of aryl methyl sites for hydroxylation is 1. The maximum Gasteiger partial charge on any atom is 0.191 e. The van der Waals surface area contributed by atoms with Gasteiger partial charge in [-0.3, -0.25) is 4.99 Å². The van der Waals surface area contributed by atoms with Crippen LogP contribution in [0.4, 0.5) is 0 Å².